The Hall–Kier alpha value is -2.64. The normalized spacial score (nSPS) is 11.5. The lowest BCUT2D eigenvalue weighted by Gasteiger charge is -2.14. The molecule has 1 unspecified atom stereocenters. The number of carbonyl (C=O) groups is 1. The molecule has 0 bridgehead atoms. The maximum Gasteiger partial charge on any atom is 0.245 e. The lowest BCUT2D eigenvalue weighted by molar-refractivity contribution is -0.117. The van der Waals surface area contributed by atoms with Crippen LogP contribution in [0.15, 0.2) is 42.5 Å². The summed E-state index contributed by atoms with van der Waals surface area (Å²) in [6, 6.07) is 14.0. The van der Waals surface area contributed by atoms with E-state index in [1.54, 1.807) is 18.2 Å². The predicted molar refractivity (Wildman–Crippen MR) is 82.6 cm³/mol. The summed E-state index contributed by atoms with van der Waals surface area (Å²) in [5, 5.41) is 11.7. The van der Waals surface area contributed by atoms with Gasteiger partial charge >= 0.3 is 0 Å². The first kappa shape index (κ1) is 14.8. The Labute approximate surface area is 124 Å². The summed E-state index contributed by atoms with van der Waals surface area (Å²) in [6.45, 7) is 3.85. The van der Waals surface area contributed by atoms with E-state index in [0.29, 0.717) is 11.3 Å². The molecule has 2 aromatic carbocycles. The first-order valence-electron chi connectivity index (χ1n) is 6.65. The first-order chi connectivity index (χ1) is 10.0. The van der Waals surface area contributed by atoms with Crippen molar-refractivity contribution in [2.45, 2.75) is 19.9 Å². The van der Waals surface area contributed by atoms with E-state index >= 15 is 0 Å². The van der Waals surface area contributed by atoms with Crippen LogP contribution in [0, 0.1) is 25.2 Å². The van der Waals surface area contributed by atoms with Gasteiger partial charge in [-0.15, -0.1) is 0 Å². The molecule has 1 amide bonds. The van der Waals surface area contributed by atoms with Crippen molar-refractivity contribution < 1.29 is 4.79 Å². The Kier molecular flexibility index (Phi) is 4.36. The van der Waals surface area contributed by atoms with Gasteiger partial charge in [0, 0.05) is 5.69 Å². The SMILES string of the molecule is Cc1ccc(C(N)C(=O)Nc2cc(C#N)ccc2C)cc1. The van der Waals surface area contributed by atoms with E-state index in [1.807, 2.05) is 38.1 Å². The van der Waals surface area contributed by atoms with Crippen LogP contribution in [0.25, 0.3) is 0 Å². The number of carbonyl (C=O) groups excluding carboxylic acids is 1. The predicted octanol–water partition coefficient (Wildman–Crippen LogP) is 2.81. The molecule has 0 aromatic heterocycles. The highest BCUT2D eigenvalue weighted by molar-refractivity contribution is 5.96. The maximum atomic E-state index is 12.2. The molecule has 0 aliphatic rings. The van der Waals surface area contributed by atoms with Gasteiger partial charge in [-0.25, -0.2) is 0 Å². The molecule has 3 N–H and O–H groups in total. The summed E-state index contributed by atoms with van der Waals surface area (Å²) >= 11 is 0. The third-order valence-corrected chi connectivity index (χ3v) is 3.34. The number of nitriles is 1. The Morgan fingerprint density at radius 3 is 2.48 bits per heavy atom. The number of benzene rings is 2. The lowest BCUT2D eigenvalue weighted by atomic mass is 10.0. The Morgan fingerprint density at radius 2 is 1.86 bits per heavy atom. The molecular weight excluding hydrogens is 262 g/mol. The summed E-state index contributed by atoms with van der Waals surface area (Å²) < 4.78 is 0. The first-order valence-corrected chi connectivity index (χ1v) is 6.65. The van der Waals surface area contributed by atoms with Crippen LogP contribution in [-0.4, -0.2) is 5.91 Å². The fraction of sp³-hybridized carbons (Fsp3) is 0.176. The Bertz CT molecular complexity index is 699. The van der Waals surface area contributed by atoms with Crippen molar-refractivity contribution in [1.82, 2.24) is 0 Å². The van der Waals surface area contributed by atoms with E-state index in [-0.39, 0.29) is 5.91 Å². The molecule has 0 saturated heterocycles. The minimum atomic E-state index is -0.740. The van der Waals surface area contributed by atoms with Crippen LogP contribution in [0.2, 0.25) is 0 Å². The van der Waals surface area contributed by atoms with Crippen molar-refractivity contribution in [3.8, 4) is 6.07 Å². The summed E-state index contributed by atoms with van der Waals surface area (Å²) in [7, 11) is 0. The van der Waals surface area contributed by atoms with Crippen LogP contribution in [0.5, 0.6) is 0 Å². The van der Waals surface area contributed by atoms with Crippen molar-refractivity contribution >= 4 is 11.6 Å². The molecule has 2 rings (SSSR count). The van der Waals surface area contributed by atoms with Gasteiger partial charge in [0.25, 0.3) is 0 Å². The van der Waals surface area contributed by atoms with E-state index in [2.05, 4.69) is 11.4 Å². The number of hydrogen-bond donors (Lipinski definition) is 2. The van der Waals surface area contributed by atoms with E-state index in [0.717, 1.165) is 16.7 Å². The van der Waals surface area contributed by atoms with E-state index in [4.69, 9.17) is 11.0 Å². The van der Waals surface area contributed by atoms with Crippen LogP contribution in [0.3, 0.4) is 0 Å². The van der Waals surface area contributed by atoms with Crippen LogP contribution < -0.4 is 11.1 Å². The number of nitrogens with one attached hydrogen (secondary N) is 1. The summed E-state index contributed by atoms with van der Waals surface area (Å²) in [6.07, 6.45) is 0. The molecule has 0 fully saturated rings. The van der Waals surface area contributed by atoms with Gasteiger partial charge in [-0.3, -0.25) is 4.79 Å². The number of rotatable bonds is 3. The fourth-order valence-electron chi connectivity index (χ4n) is 1.96. The highest BCUT2D eigenvalue weighted by Gasteiger charge is 2.16. The van der Waals surface area contributed by atoms with Crippen molar-refractivity contribution in [3.05, 3.63) is 64.7 Å². The van der Waals surface area contributed by atoms with Gasteiger partial charge < -0.3 is 11.1 Å². The second-order valence-corrected chi connectivity index (χ2v) is 5.02. The third-order valence-electron chi connectivity index (χ3n) is 3.34. The van der Waals surface area contributed by atoms with Crippen LogP contribution in [0.1, 0.15) is 28.3 Å². The van der Waals surface area contributed by atoms with Crippen LogP contribution >= 0.6 is 0 Å². The highest BCUT2D eigenvalue weighted by Crippen LogP contribution is 2.19. The topological polar surface area (TPSA) is 78.9 Å². The van der Waals surface area contributed by atoms with Gasteiger partial charge in [0.1, 0.15) is 6.04 Å². The molecule has 0 spiro atoms. The summed E-state index contributed by atoms with van der Waals surface area (Å²) in [5.74, 6) is -0.294. The van der Waals surface area contributed by atoms with E-state index < -0.39 is 6.04 Å². The molecule has 1 atom stereocenters. The van der Waals surface area contributed by atoms with Gasteiger partial charge in [-0.2, -0.15) is 5.26 Å². The summed E-state index contributed by atoms with van der Waals surface area (Å²) in [4.78, 5) is 12.2. The largest absolute Gasteiger partial charge is 0.324 e. The van der Waals surface area contributed by atoms with Crippen molar-refractivity contribution in [3.63, 3.8) is 0 Å². The Morgan fingerprint density at radius 1 is 1.19 bits per heavy atom. The minimum absolute atomic E-state index is 0.294. The fourth-order valence-corrected chi connectivity index (χ4v) is 1.96. The molecule has 0 heterocycles. The second kappa shape index (κ2) is 6.21. The van der Waals surface area contributed by atoms with Gasteiger partial charge in [-0.1, -0.05) is 35.9 Å². The van der Waals surface area contributed by atoms with Gasteiger partial charge in [0.2, 0.25) is 5.91 Å². The molecule has 106 valence electrons. The average Bonchev–Trinajstić information content (AvgIpc) is 2.49. The third kappa shape index (κ3) is 3.47. The number of anilines is 1. The van der Waals surface area contributed by atoms with E-state index in [1.165, 1.54) is 0 Å². The smallest absolute Gasteiger partial charge is 0.245 e. The number of aryl methyl sites for hydroxylation is 2. The van der Waals surface area contributed by atoms with Crippen molar-refractivity contribution in [2.75, 3.05) is 5.32 Å². The standard InChI is InChI=1S/C17H17N3O/c1-11-3-7-14(8-4-11)16(19)17(21)20-15-9-13(10-18)6-5-12(15)2/h3-9,16H,19H2,1-2H3,(H,20,21). The zero-order valence-electron chi connectivity index (χ0n) is 12.1. The molecule has 21 heavy (non-hydrogen) atoms. The second-order valence-electron chi connectivity index (χ2n) is 5.02. The van der Waals surface area contributed by atoms with Crippen molar-refractivity contribution in [1.29, 1.82) is 5.26 Å². The summed E-state index contributed by atoms with van der Waals surface area (Å²) in [5.41, 5.74) is 9.85. The van der Waals surface area contributed by atoms with Gasteiger partial charge in [-0.05, 0) is 37.1 Å². The molecular formula is C17H17N3O. The number of nitrogens with zero attached hydrogens (tertiary/aromatic N) is 1. The average molecular weight is 279 g/mol. The number of amides is 1. The highest BCUT2D eigenvalue weighted by atomic mass is 16.2. The molecule has 0 saturated carbocycles. The maximum absolute atomic E-state index is 12.2. The van der Waals surface area contributed by atoms with E-state index in [9.17, 15) is 4.79 Å². The Balaban J connectivity index is 2.18. The molecule has 0 radical (unpaired) electrons. The molecule has 4 nitrogen and oxygen atoms in total. The molecule has 4 heteroatoms. The zero-order valence-corrected chi connectivity index (χ0v) is 12.1. The molecule has 2 aromatic rings. The van der Waals surface area contributed by atoms with Gasteiger partial charge in [0.15, 0.2) is 0 Å². The zero-order chi connectivity index (χ0) is 15.4. The van der Waals surface area contributed by atoms with Gasteiger partial charge in [0.05, 0.1) is 11.6 Å². The lowest BCUT2D eigenvalue weighted by Crippen LogP contribution is -2.28. The van der Waals surface area contributed by atoms with Crippen molar-refractivity contribution in [2.24, 2.45) is 5.73 Å². The molecule has 0 aliphatic carbocycles. The number of nitrogens with two attached hydrogens (primary N) is 1. The minimum Gasteiger partial charge on any atom is -0.324 e. The van der Waals surface area contributed by atoms with Crippen LogP contribution in [-0.2, 0) is 4.79 Å². The number of hydrogen-bond acceptors (Lipinski definition) is 3. The van der Waals surface area contributed by atoms with Crippen LogP contribution in [0.4, 0.5) is 5.69 Å². The molecule has 0 aliphatic heterocycles. The monoisotopic (exact) mass is 279 g/mol. The quantitative estimate of drug-likeness (QED) is 0.906.